The van der Waals surface area contributed by atoms with Crippen LogP contribution in [0.15, 0.2) is 60.9 Å². The number of imidazole rings is 1. The second-order valence-corrected chi connectivity index (χ2v) is 5.65. The summed E-state index contributed by atoms with van der Waals surface area (Å²) in [6, 6.07) is 16.5. The van der Waals surface area contributed by atoms with E-state index in [1.165, 1.54) is 6.07 Å². The van der Waals surface area contributed by atoms with E-state index in [0.717, 1.165) is 5.56 Å². The van der Waals surface area contributed by atoms with E-state index in [9.17, 15) is 4.39 Å². The highest BCUT2D eigenvalue weighted by Crippen LogP contribution is 2.24. The molecule has 6 heteroatoms. The monoisotopic (exact) mass is 333 g/mol. The molecule has 0 saturated heterocycles. The molecule has 5 nitrogen and oxygen atoms in total. The predicted octanol–water partition coefficient (Wildman–Crippen LogP) is 3.72. The summed E-state index contributed by atoms with van der Waals surface area (Å²) < 4.78 is 15.8. The molecule has 2 heterocycles. The van der Waals surface area contributed by atoms with Gasteiger partial charge in [0.15, 0.2) is 17.3 Å². The van der Waals surface area contributed by atoms with Crippen LogP contribution >= 0.6 is 0 Å². The molecule has 0 unspecified atom stereocenters. The van der Waals surface area contributed by atoms with Crippen LogP contribution in [-0.4, -0.2) is 26.6 Å². The summed E-state index contributed by atoms with van der Waals surface area (Å²) in [5.74, 6) is 1.01. The van der Waals surface area contributed by atoms with Gasteiger partial charge in [0.1, 0.15) is 11.3 Å². The Morgan fingerprint density at radius 1 is 1.00 bits per heavy atom. The Labute approximate surface area is 144 Å². The number of nitrogens with zero attached hydrogens (tertiary/aromatic N) is 4. The van der Waals surface area contributed by atoms with E-state index in [0.29, 0.717) is 34.9 Å². The van der Waals surface area contributed by atoms with Gasteiger partial charge in [-0.2, -0.15) is 0 Å². The fourth-order valence-electron chi connectivity index (χ4n) is 2.76. The van der Waals surface area contributed by atoms with E-state index in [-0.39, 0.29) is 5.82 Å². The van der Waals surface area contributed by atoms with Crippen LogP contribution in [0.1, 0.15) is 5.56 Å². The van der Waals surface area contributed by atoms with E-state index in [1.807, 2.05) is 41.0 Å². The molecule has 0 saturated carbocycles. The van der Waals surface area contributed by atoms with Gasteiger partial charge in [-0.05, 0) is 6.07 Å². The van der Waals surface area contributed by atoms with Crippen molar-refractivity contribution in [3.05, 3.63) is 72.3 Å². The van der Waals surface area contributed by atoms with E-state index in [4.69, 9.17) is 0 Å². The zero-order chi connectivity index (χ0) is 17.2. The van der Waals surface area contributed by atoms with E-state index < -0.39 is 0 Å². The Bertz CT molecular complexity index is 1030. The Hall–Kier alpha value is -3.28. The first-order chi connectivity index (χ1) is 12.3. The van der Waals surface area contributed by atoms with Crippen molar-refractivity contribution in [3.63, 3.8) is 0 Å². The van der Waals surface area contributed by atoms with Gasteiger partial charge in [0.05, 0.1) is 12.9 Å². The van der Waals surface area contributed by atoms with Crippen molar-refractivity contribution < 1.29 is 4.39 Å². The van der Waals surface area contributed by atoms with Crippen molar-refractivity contribution in [2.45, 2.75) is 6.54 Å². The summed E-state index contributed by atoms with van der Waals surface area (Å²) in [5, 5.41) is 3.07. The van der Waals surface area contributed by atoms with Gasteiger partial charge in [0.2, 0.25) is 0 Å². The molecule has 2 aromatic carbocycles. The number of nitrogens with one attached hydrogen (secondary N) is 1. The molecule has 0 aliphatic heterocycles. The van der Waals surface area contributed by atoms with Gasteiger partial charge in [0, 0.05) is 18.2 Å². The first-order valence-electron chi connectivity index (χ1n) is 7.95. The highest BCUT2D eigenvalue weighted by molar-refractivity contribution is 5.85. The maximum absolute atomic E-state index is 14.0. The third kappa shape index (κ3) is 2.82. The van der Waals surface area contributed by atoms with Crippen LogP contribution in [-0.2, 0) is 6.54 Å². The predicted molar refractivity (Wildman–Crippen MR) is 95.8 cm³/mol. The molecule has 0 aliphatic carbocycles. The zero-order valence-electron chi connectivity index (χ0n) is 13.6. The largest absolute Gasteiger partial charge is 0.371 e. The number of aromatic nitrogens is 4. The first kappa shape index (κ1) is 15.3. The van der Waals surface area contributed by atoms with Gasteiger partial charge in [0.25, 0.3) is 0 Å². The Morgan fingerprint density at radius 3 is 2.52 bits per heavy atom. The number of hydrogen-bond acceptors (Lipinski definition) is 4. The van der Waals surface area contributed by atoms with Crippen LogP contribution in [0.2, 0.25) is 0 Å². The van der Waals surface area contributed by atoms with Gasteiger partial charge >= 0.3 is 0 Å². The number of rotatable bonds is 4. The highest BCUT2D eigenvalue weighted by atomic mass is 19.1. The topological polar surface area (TPSA) is 55.6 Å². The minimum atomic E-state index is -0.240. The molecular formula is C19H16FN5. The van der Waals surface area contributed by atoms with Crippen molar-refractivity contribution in [1.82, 2.24) is 19.5 Å². The van der Waals surface area contributed by atoms with Crippen molar-refractivity contribution in [2.24, 2.45) is 0 Å². The molecule has 2 aromatic heterocycles. The fraction of sp³-hybridized carbons (Fsp3) is 0.105. The summed E-state index contributed by atoms with van der Waals surface area (Å²) in [5.41, 5.74) is 2.84. The average Bonchev–Trinajstić information content (AvgIpc) is 3.06. The lowest BCUT2D eigenvalue weighted by Gasteiger charge is -2.08. The summed E-state index contributed by atoms with van der Waals surface area (Å²) in [7, 11) is 1.80. The molecule has 4 aromatic rings. The van der Waals surface area contributed by atoms with Gasteiger partial charge in [-0.1, -0.05) is 48.5 Å². The van der Waals surface area contributed by atoms with Crippen LogP contribution in [0.3, 0.4) is 0 Å². The maximum Gasteiger partial charge on any atom is 0.166 e. The van der Waals surface area contributed by atoms with Gasteiger partial charge < -0.3 is 9.88 Å². The Kier molecular flexibility index (Phi) is 3.85. The van der Waals surface area contributed by atoms with Crippen molar-refractivity contribution >= 4 is 17.0 Å². The zero-order valence-corrected chi connectivity index (χ0v) is 13.6. The molecule has 25 heavy (non-hydrogen) atoms. The van der Waals surface area contributed by atoms with E-state index in [1.54, 1.807) is 25.5 Å². The average molecular weight is 333 g/mol. The number of hydrogen-bond donors (Lipinski definition) is 1. The van der Waals surface area contributed by atoms with Crippen LogP contribution < -0.4 is 5.32 Å². The summed E-state index contributed by atoms with van der Waals surface area (Å²) in [6.07, 6.45) is 1.67. The highest BCUT2D eigenvalue weighted by Gasteiger charge is 2.14. The van der Waals surface area contributed by atoms with E-state index in [2.05, 4.69) is 20.3 Å². The molecule has 124 valence electrons. The number of benzene rings is 2. The summed E-state index contributed by atoms with van der Waals surface area (Å²) in [4.78, 5) is 13.6. The third-order valence-corrected chi connectivity index (χ3v) is 4.03. The van der Waals surface area contributed by atoms with Crippen LogP contribution in [0.25, 0.3) is 22.6 Å². The lowest BCUT2D eigenvalue weighted by Crippen LogP contribution is -2.04. The van der Waals surface area contributed by atoms with Crippen LogP contribution in [0.5, 0.6) is 0 Å². The number of anilines is 1. The maximum atomic E-state index is 14.0. The summed E-state index contributed by atoms with van der Waals surface area (Å²) >= 11 is 0. The molecule has 0 amide bonds. The molecule has 0 bridgehead atoms. The van der Waals surface area contributed by atoms with Crippen LogP contribution in [0.4, 0.5) is 10.2 Å². The minimum absolute atomic E-state index is 0.240. The van der Waals surface area contributed by atoms with Crippen molar-refractivity contribution in [2.75, 3.05) is 12.4 Å². The third-order valence-electron chi connectivity index (χ3n) is 4.03. The van der Waals surface area contributed by atoms with Gasteiger partial charge in [-0.25, -0.2) is 19.3 Å². The second-order valence-electron chi connectivity index (χ2n) is 5.65. The number of halogens is 1. The minimum Gasteiger partial charge on any atom is -0.371 e. The lowest BCUT2D eigenvalue weighted by atomic mass is 10.2. The smallest absolute Gasteiger partial charge is 0.166 e. The standard InChI is InChI=1S/C19H16FN5/c1-21-18-16-19(24-17(23-18)13-7-3-2-4-8-13)25(12-22-16)11-14-9-5-6-10-15(14)20/h2-10,12H,11H2,1H3,(H,21,23,24). The second kappa shape index (κ2) is 6.32. The molecule has 0 aliphatic rings. The van der Waals surface area contributed by atoms with Crippen LogP contribution in [0, 0.1) is 5.82 Å². The quantitative estimate of drug-likeness (QED) is 0.618. The Morgan fingerprint density at radius 2 is 1.76 bits per heavy atom. The summed E-state index contributed by atoms with van der Waals surface area (Å²) in [6.45, 7) is 0.359. The number of fused-ring (bicyclic) bond motifs is 1. The van der Waals surface area contributed by atoms with E-state index >= 15 is 0 Å². The molecule has 0 fully saturated rings. The molecule has 1 N–H and O–H groups in total. The molecule has 0 radical (unpaired) electrons. The lowest BCUT2D eigenvalue weighted by molar-refractivity contribution is 0.601. The van der Waals surface area contributed by atoms with Gasteiger partial charge in [-0.15, -0.1) is 0 Å². The molecule has 0 atom stereocenters. The molecular weight excluding hydrogens is 317 g/mol. The first-order valence-corrected chi connectivity index (χ1v) is 7.95. The molecule has 4 rings (SSSR count). The normalized spacial score (nSPS) is 11.0. The van der Waals surface area contributed by atoms with Gasteiger partial charge in [-0.3, -0.25) is 0 Å². The Balaban J connectivity index is 1.85. The SMILES string of the molecule is CNc1nc(-c2ccccc2)nc2c1ncn2Cc1ccccc1F. The molecule has 0 spiro atoms. The van der Waals surface area contributed by atoms with Crippen molar-refractivity contribution in [1.29, 1.82) is 0 Å². The fourth-order valence-corrected chi connectivity index (χ4v) is 2.76. The van der Waals surface area contributed by atoms with Crippen molar-refractivity contribution in [3.8, 4) is 11.4 Å².